The van der Waals surface area contributed by atoms with Gasteiger partial charge in [-0.3, -0.25) is 14.5 Å². The number of halogens is 2. The van der Waals surface area contributed by atoms with E-state index in [0.29, 0.717) is 53.2 Å². The molecule has 9 heteroatoms. The highest BCUT2D eigenvalue weighted by molar-refractivity contribution is 6.46. The van der Waals surface area contributed by atoms with Crippen LogP contribution >= 0.6 is 23.2 Å². The van der Waals surface area contributed by atoms with Crippen LogP contribution < -0.4 is 4.74 Å². The molecule has 4 rings (SSSR count). The van der Waals surface area contributed by atoms with E-state index in [9.17, 15) is 14.7 Å². The zero-order valence-corrected chi connectivity index (χ0v) is 19.6. The van der Waals surface area contributed by atoms with Crippen LogP contribution in [0, 0.1) is 0 Å². The Hall–Kier alpha value is -2.58. The second kappa shape index (κ2) is 10.1. The molecule has 0 saturated carbocycles. The second-order valence-corrected chi connectivity index (χ2v) is 8.66. The third kappa shape index (κ3) is 4.87. The molecule has 0 spiro atoms. The first kappa shape index (κ1) is 23.6. The predicted molar refractivity (Wildman–Crippen MR) is 126 cm³/mol. The van der Waals surface area contributed by atoms with Crippen LogP contribution in [0.2, 0.25) is 10.0 Å². The normalized spacial score (nSPS) is 20.9. The molecule has 1 atom stereocenters. The van der Waals surface area contributed by atoms with E-state index >= 15 is 0 Å². The Kier molecular flexibility index (Phi) is 7.24. The van der Waals surface area contributed by atoms with Crippen molar-refractivity contribution in [1.82, 2.24) is 9.80 Å². The van der Waals surface area contributed by atoms with Gasteiger partial charge in [0.1, 0.15) is 11.5 Å². The Labute approximate surface area is 202 Å². The van der Waals surface area contributed by atoms with Crippen molar-refractivity contribution in [2.75, 3.05) is 46.5 Å². The summed E-state index contributed by atoms with van der Waals surface area (Å²) in [6.45, 7) is 3.67. The number of nitrogens with zero attached hydrogens (tertiary/aromatic N) is 2. The van der Waals surface area contributed by atoms with Crippen molar-refractivity contribution in [1.29, 1.82) is 0 Å². The molecule has 33 heavy (non-hydrogen) atoms. The minimum absolute atomic E-state index is 0.0190. The maximum atomic E-state index is 13.1. The number of benzene rings is 2. The number of methoxy groups -OCH3 is 1. The van der Waals surface area contributed by atoms with E-state index in [-0.39, 0.29) is 11.3 Å². The Bertz CT molecular complexity index is 1080. The van der Waals surface area contributed by atoms with E-state index in [1.54, 1.807) is 49.6 Å². The number of hydrogen-bond donors (Lipinski definition) is 1. The molecule has 7 nitrogen and oxygen atoms in total. The van der Waals surface area contributed by atoms with Gasteiger partial charge in [0, 0.05) is 31.7 Å². The molecule has 1 unspecified atom stereocenters. The molecule has 2 aromatic carbocycles. The molecule has 0 bridgehead atoms. The third-order valence-electron chi connectivity index (χ3n) is 5.92. The number of ether oxygens (including phenoxy) is 2. The third-order valence-corrected chi connectivity index (χ3v) is 6.66. The van der Waals surface area contributed by atoms with Crippen LogP contribution in [-0.2, 0) is 14.3 Å². The van der Waals surface area contributed by atoms with E-state index < -0.39 is 17.7 Å². The van der Waals surface area contributed by atoms with Gasteiger partial charge in [0.05, 0.1) is 42.0 Å². The maximum absolute atomic E-state index is 13.1. The molecule has 2 fully saturated rings. The quantitative estimate of drug-likeness (QED) is 0.377. The Morgan fingerprint density at radius 3 is 2.39 bits per heavy atom. The fraction of sp³-hybridized carbons (Fsp3) is 0.333. The topological polar surface area (TPSA) is 79.3 Å². The molecule has 0 radical (unpaired) electrons. The number of rotatable bonds is 6. The molecule has 2 heterocycles. The van der Waals surface area contributed by atoms with Crippen molar-refractivity contribution in [3.63, 3.8) is 0 Å². The van der Waals surface area contributed by atoms with E-state index in [0.717, 1.165) is 13.1 Å². The molecule has 1 amide bonds. The first-order valence-corrected chi connectivity index (χ1v) is 11.3. The molecule has 2 saturated heterocycles. The van der Waals surface area contributed by atoms with E-state index in [1.807, 2.05) is 0 Å². The van der Waals surface area contributed by atoms with Crippen LogP contribution in [0.25, 0.3) is 5.76 Å². The lowest BCUT2D eigenvalue weighted by Crippen LogP contribution is -2.42. The van der Waals surface area contributed by atoms with Crippen LogP contribution in [0.5, 0.6) is 5.75 Å². The number of aliphatic hydroxyl groups is 1. The second-order valence-electron chi connectivity index (χ2n) is 7.85. The number of Topliss-reactive ketones (excluding diaryl/α,β-unsaturated/α-hetero) is 1. The molecule has 0 aliphatic carbocycles. The van der Waals surface area contributed by atoms with Crippen LogP contribution in [0.3, 0.4) is 0 Å². The summed E-state index contributed by atoms with van der Waals surface area (Å²) < 4.78 is 10.6. The monoisotopic (exact) mass is 490 g/mol. The lowest BCUT2D eigenvalue weighted by molar-refractivity contribution is -0.140. The Morgan fingerprint density at radius 2 is 1.76 bits per heavy atom. The van der Waals surface area contributed by atoms with E-state index in [2.05, 4.69) is 4.90 Å². The summed E-state index contributed by atoms with van der Waals surface area (Å²) in [6.07, 6.45) is 0. The number of ketones is 1. The van der Waals surface area contributed by atoms with Gasteiger partial charge in [-0.1, -0.05) is 29.3 Å². The number of hydrogen-bond acceptors (Lipinski definition) is 6. The first-order valence-electron chi connectivity index (χ1n) is 10.6. The first-order chi connectivity index (χ1) is 15.9. The summed E-state index contributed by atoms with van der Waals surface area (Å²) in [6, 6.07) is 10.8. The number of morpholine rings is 1. The Morgan fingerprint density at radius 1 is 1.06 bits per heavy atom. The average Bonchev–Trinajstić information content (AvgIpc) is 3.09. The van der Waals surface area contributed by atoms with Crippen molar-refractivity contribution >= 4 is 40.7 Å². The van der Waals surface area contributed by atoms with Gasteiger partial charge in [-0.15, -0.1) is 0 Å². The summed E-state index contributed by atoms with van der Waals surface area (Å²) in [4.78, 5) is 29.9. The van der Waals surface area contributed by atoms with E-state index in [1.165, 1.54) is 4.90 Å². The zero-order chi connectivity index (χ0) is 23.5. The molecular weight excluding hydrogens is 467 g/mol. The molecule has 2 aliphatic heterocycles. The summed E-state index contributed by atoms with van der Waals surface area (Å²) in [5.41, 5.74) is 1.03. The highest BCUT2D eigenvalue weighted by Crippen LogP contribution is 2.41. The van der Waals surface area contributed by atoms with Crippen molar-refractivity contribution in [2.24, 2.45) is 0 Å². The van der Waals surface area contributed by atoms with Crippen molar-refractivity contribution in [2.45, 2.75) is 6.04 Å². The van der Waals surface area contributed by atoms with Crippen LogP contribution in [0.1, 0.15) is 17.2 Å². The fourth-order valence-corrected chi connectivity index (χ4v) is 4.42. The molecule has 1 N–H and O–H groups in total. The smallest absolute Gasteiger partial charge is 0.295 e. The van der Waals surface area contributed by atoms with Crippen LogP contribution in [0.15, 0.2) is 48.0 Å². The van der Waals surface area contributed by atoms with Crippen LogP contribution in [0.4, 0.5) is 0 Å². The average molecular weight is 491 g/mol. The summed E-state index contributed by atoms with van der Waals surface area (Å²) in [5.74, 6) is -1.03. The van der Waals surface area contributed by atoms with Crippen molar-refractivity contribution in [3.8, 4) is 5.75 Å². The van der Waals surface area contributed by atoms with Gasteiger partial charge >= 0.3 is 0 Å². The predicted octanol–water partition coefficient (Wildman–Crippen LogP) is 3.76. The van der Waals surface area contributed by atoms with Gasteiger partial charge in [0.15, 0.2) is 0 Å². The number of amides is 1. The zero-order valence-electron chi connectivity index (χ0n) is 18.1. The van der Waals surface area contributed by atoms with Crippen molar-refractivity contribution < 1.29 is 24.2 Å². The fourth-order valence-electron chi connectivity index (χ4n) is 4.12. The van der Waals surface area contributed by atoms with Gasteiger partial charge in [-0.2, -0.15) is 0 Å². The number of aliphatic hydroxyl groups excluding tert-OH is 1. The lowest BCUT2D eigenvalue weighted by atomic mass is 9.95. The summed E-state index contributed by atoms with van der Waals surface area (Å²) >= 11 is 12.4. The largest absolute Gasteiger partial charge is 0.507 e. The van der Waals surface area contributed by atoms with Gasteiger partial charge in [0.25, 0.3) is 11.7 Å². The highest BCUT2D eigenvalue weighted by atomic mass is 35.5. The summed E-state index contributed by atoms with van der Waals surface area (Å²) in [7, 11) is 1.54. The van der Waals surface area contributed by atoms with Gasteiger partial charge in [-0.05, 0) is 42.0 Å². The lowest BCUT2D eigenvalue weighted by Gasteiger charge is -2.31. The Balaban J connectivity index is 1.74. The minimum Gasteiger partial charge on any atom is -0.507 e. The van der Waals surface area contributed by atoms with Crippen LogP contribution in [-0.4, -0.2) is 73.1 Å². The minimum atomic E-state index is -0.789. The van der Waals surface area contributed by atoms with Crippen molar-refractivity contribution in [3.05, 3.63) is 69.2 Å². The van der Waals surface area contributed by atoms with E-state index in [4.69, 9.17) is 32.7 Å². The highest BCUT2D eigenvalue weighted by Gasteiger charge is 2.46. The molecule has 174 valence electrons. The maximum Gasteiger partial charge on any atom is 0.295 e. The summed E-state index contributed by atoms with van der Waals surface area (Å²) in [5, 5.41) is 11.8. The standard InChI is InChI=1S/C24H24Cl2N2O5/c1-32-17-5-2-15(3-6-17)22(29)20-21(16-4-7-18(25)19(26)14-16)28(24(31)23(20)30)9-8-27-10-12-33-13-11-27/h2-7,14,21,29H,8-13H2,1H3/b22-20-. The van der Waals surface area contributed by atoms with Gasteiger partial charge < -0.3 is 19.5 Å². The molecule has 0 aromatic heterocycles. The number of carbonyl (C=O) groups excluding carboxylic acids is 2. The molecule has 2 aromatic rings. The van der Waals surface area contributed by atoms with Gasteiger partial charge in [0.2, 0.25) is 0 Å². The number of likely N-dealkylation sites (tertiary alicyclic amines) is 1. The number of carbonyl (C=O) groups is 2. The van der Waals surface area contributed by atoms with Gasteiger partial charge in [-0.25, -0.2) is 0 Å². The molecule has 2 aliphatic rings. The molecular formula is C24H24Cl2N2O5. The SMILES string of the molecule is COc1ccc(/C(O)=C2/C(=O)C(=O)N(CCN3CCOCC3)C2c2ccc(Cl)c(Cl)c2)cc1.